The molecule has 0 bridgehead atoms. The molecule has 0 aliphatic carbocycles. The van der Waals surface area contributed by atoms with Crippen molar-refractivity contribution in [1.82, 2.24) is 4.90 Å². The average molecular weight is 765 g/mol. The number of carbonyl (C=O) groups is 3. The molecule has 0 aromatic carbocycles. The Hall–Kier alpha value is -2.62. The first-order valence-corrected chi connectivity index (χ1v) is 18.1. The molecule has 19 nitrogen and oxygen atoms in total. The summed E-state index contributed by atoms with van der Waals surface area (Å²) in [6, 6.07) is 0. The standard InChI is InChI=1S/C34H60N4O15/c35-37-36-6-9-43-11-13-45-15-17-47-19-21-49-23-25-51-27-29-53-31-30-52-28-26-50-24-22-48-20-18-46-16-14-44-12-10-42-8-5-32(39)2-1-7-38-33(40)3-4-34(38)41/h3-4H,1-2,5-31H2. The van der Waals surface area contributed by atoms with Gasteiger partial charge in [0.2, 0.25) is 0 Å². The Kier molecular flexibility index (Phi) is 35.7. The minimum absolute atomic E-state index is 0.0323. The van der Waals surface area contributed by atoms with Crippen LogP contribution in [0.5, 0.6) is 0 Å². The van der Waals surface area contributed by atoms with Gasteiger partial charge in [0, 0.05) is 43.0 Å². The fourth-order valence-electron chi connectivity index (χ4n) is 4.07. The van der Waals surface area contributed by atoms with E-state index in [1.54, 1.807) is 0 Å². The molecule has 1 heterocycles. The van der Waals surface area contributed by atoms with Crippen LogP contribution in [0.3, 0.4) is 0 Å². The van der Waals surface area contributed by atoms with Crippen molar-refractivity contribution in [3.05, 3.63) is 22.6 Å². The predicted molar refractivity (Wildman–Crippen MR) is 189 cm³/mol. The number of ketones is 1. The van der Waals surface area contributed by atoms with Gasteiger partial charge in [-0.1, -0.05) is 5.11 Å². The molecule has 0 spiro atoms. The molecule has 0 atom stereocenters. The SMILES string of the molecule is [N-]=[N+]=NCCOCCOCCOCCOCCOCCOCCOCCOCCOCCOCCOCCOCCC(=O)CCCN1C(=O)C=CC1=O. The van der Waals surface area contributed by atoms with E-state index >= 15 is 0 Å². The Morgan fingerprint density at radius 2 is 0.755 bits per heavy atom. The van der Waals surface area contributed by atoms with Crippen molar-refractivity contribution in [2.45, 2.75) is 19.3 Å². The third kappa shape index (κ3) is 33.7. The number of azide groups is 1. The Bertz CT molecular complexity index is 954. The number of ether oxygens (including phenoxy) is 12. The Balaban J connectivity index is 1.64. The number of hydrogen-bond donors (Lipinski definition) is 0. The van der Waals surface area contributed by atoms with Gasteiger partial charge in [0.1, 0.15) is 5.78 Å². The fourth-order valence-corrected chi connectivity index (χ4v) is 4.07. The van der Waals surface area contributed by atoms with Crippen molar-refractivity contribution in [3.8, 4) is 0 Å². The Labute approximate surface area is 312 Å². The van der Waals surface area contributed by atoms with Crippen LogP contribution in [-0.2, 0) is 71.2 Å². The van der Waals surface area contributed by atoms with Crippen molar-refractivity contribution in [2.24, 2.45) is 5.11 Å². The van der Waals surface area contributed by atoms with Gasteiger partial charge in [-0.05, 0) is 12.0 Å². The van der Waals surface area contributed by atoms with E-state index in [1.165, 1.54) is 12.2 Å². The zero-order valence-corrected chi connectivity index (χ0v) is 31.1. The summed E-state index contributed by atoms with van der Waals surface area (Å²) in [6.45, 7) is 11.4. The molecule has 53 heavy (non-hydrogen) atoms. The van der Waals surface area contributed by atoms with Crippen molar-refractivity contribution in [3.63, 3.8) is 0 Å². The number of carbonyl (C=O) groups excluding carboxylic acids is 3. The van der Waals surface area contributed by atoms with Crippen LogP contribution >= 0.6 is 0 Å². The molecule has 0 saturated heterocycles. The first-order chi connectivity index (χ1) is 26.1. The van der Waals surface area contributed by atoms with Gasteiger partial charge in [-0.25, -0.2) is 0 Å². The topological polar surface area (TPSA) is 214 Å². The summed E-state index contributed by atoms with van der Waals surface area (Å²) in [5.74, 6) is -0.629. The lowest BCUT2D eigenvalue weighted by Crippen LogP contribution is -2.31. The van der Waals surface area contributed by atoms with Gasteiger partial charge in [-0.15, -0.1) is 0 Å². The molecule has 0 aromatic heterocycles. The molecule has 0 N–H and O–H groups in total. The minimum atomic E-state index is -0.331. The summed E-state index contributed by atoms with van der Waals surface area (Å²) in [7, 11) is 0. The van der Waals surface area contributed by atoms with E-state index < -0.39 is 0 Å². The molecule has 0 unspecified atom stereocenters. The number of Topliss-reactive ketones (excluding diaryl/α,β-unsaturated/α-hetero) is 1. The summed E-state index contributed by atoms with van der Waals surface area (Å²) < 4.78 is 65.1. The van der Waals surface area contributed by atoms with E-state index in [0.29, 0.717) is 178 Å². The second-order valence-corrected chi connectivity index (χ2v) is 10.9. The zero-order valence-electron chi connectivity index (χ0n) is 31.1. The molecule has 0 saturated carbocycles. The molecular weight excluding hydrogens is 704 g/mol. The Morgan fingerprint density at radius 1 is 0.472 bits per heavy atom. The molecule has 1 rings (SSSR count). The first kappa shape index (κ1) is 48.4. The van der Waals surface area contributed by atoms with Crippen LogP contribution in [0.1, 0.15) is 19.3 Å². The van der Waals surface area contributed by atoms with Gasteiger partial charge in [0.25, 0.3) is 11.8 Å². The molecular formula is C34H60N4O15. The maximum absolute atomic E-state index is 11.9. The maximum Gasteiger partial charge on any atom is 0.253 e. The molecule has 19 heteroatoms. The number of hydrogen-bond acceptors (Lipinski definition) is 16. The van der Waals surface area contributed by atoms with Crippen LogP contribution in [0.2, 0.25) is 0 Å². The lowest BCUT2D eigenvalue weighted by molar-refractivity contribution is -0.137. The number of amides is 2. The normalized spacial score (nSPS) is 12.6. The van der Waals surface area contributed by atoms with Crippen LogP contribution in [0, 0.1) is 0 Å². The summed E-state index contributed by atoms with van der Waals surface area (Å²) in [5, 5.41) is 3.37. The zero-order chi connectivity index (χ0) is 38.1. The van der Waals surface area contributed by atoms with Gasteiger partial charge in [-0.2, -0.15) is 0 Å². The van der Waals surface area contributed by atoms with E-state index in [0.717, 1.165) is 4.90 Å². The van der Waals surface area contributed by atoms with E-state index in [4.69, 9.17) is 62.4 Å². The van der Waals surface area contributed by atoms with Crippen LogP contribution in [0.25, 0.3) is 10.4 Å². The van der Waals surface area contributed by atoms with Crippen LogP contribution in [0.15, 0.2) is 17.3 Å². The number of rotatable bonds is 43. The van der Waals surface area contributed by atoms with Crippen molar-refractivity contribution < 1.29 is 71.2 Å². The van der Waals surface area contributed by atoms with Crippen molar-refractivity contribution in [2.75, 3.05) is 172 Å². The quantitative estimate of drug-likeness (QED) is 0.0280. The van der Waals surface area contributed by atoms with Gasteiger partial charge in [0.15, 0.2) is 0 Å². The second-order valence-electron chi connectivity index (χ2n) is 10.9. The summed E-state index contributed by atoms with van der Waals surface area (Å²) in [5.41, 5.74) is 8.14. The highest BCUT2D eigenvalue weighted by atomic mass is 16.6. The highest BCUT2D eigenvalue weighted by Gasteiger charge is 2.22. The molecule has 0 fully saturated rings. The maximum atomic E-state index is 11.9. The lowest BCUT2D eigenvalue weighted by atomic mass is 10.1. The summed E-state index contributed by atoms with van der Waals surface area (Å²) in [6.07, 6.45) is 3.51. The summed E-state index contributed by atoms with van der Waals surface area (Å²) >= 11 is 0. The van der Waals surface area contributed by atoms with Gasteiger partial charge in [-0.3, -0.25) is 19.3 Å². The number of nitrogens with zero attached hydrogens (tertiary/aromatic N) is 4. The second kappa shape index (κ2) is 39.1. The van der Waals surface area contributed by atoms with E-state index in [2.05, 4.69) is 10.0 Å². The average Bonchev–Trinajstić information content (AvgIpc) is 3.48. The molecule has 0 aromatic rings. The van der Waals surface area contributed by atoms with Gasteiger partial charge in [0.05, 0.1) is 159 Å². The molecule has 2 amide bonds. The molecule has 1 aliphatic heterocycles. The largest absolute Gasteiger partial charge is 0.379 e. The van der Waals surface area contributed by atoms with E-state index in [9.17, 15) is 14.4 Å². The minimum Gasteiger partial charge on any atom is -0.379 e. The highest BCUT2D eigenvalue weighted by Crippen LogP contribution is 2.06. The lowest BCUT2D eigenvalue weighted by Gasteiger charge is -2.12. The van der Waals surface area contributed by atoms with Crippen LogP contribution in [0.4, 0.5) is 0 Å². The molecule has 0 radical (unpaired) electrons. The monoisotopic (exact) mass is 764 g/mol. The third-order valence-electron chi connectivity index (χ3n) is 6.75. The number of imide groups is 1. The van der Waals surface area contributed by atoms with Gasteiger partial charge >= 0.3 is 0 Å². The Morgan fingerprint density at radius 3 is 1.06 bits per heavy atom. The van der Waals surface area contributed by atoms with Crippen molar-refractivity contribution in [1.29, 1.82) is 0 Å². The van der Waals surface area contributed by atoms with Crippen LogP contribution < -0.4 is 0 Å². The third-order valence-corrected chi connectivity index (χ3v) is 6.75. The van der Waals surface area contributed by atoms with Crippen molar-refractivity contribution >= 4 is 17.6 Å². The summed E-state index contributed by atoms with van der Waals surface area (Å²) in [4.78, 5) is 38.6. The molecule has 1 aliphatic rings. The first-order valence-electron chi connectivity index (χ1n) is 18.1. The van der Waals surface area contributed by atoms with Crippen LogP contribution in [-0.4, -0.2) is 194 Å². The van der Waals surface area contributed by atoms with Gasteiger partial charge < -0.3 is 56.8 Å². The molecule has 306 valence electrons. The smallest absolute Gasteiger partial charge is 0.253 e. The van der Waals surface area contributed by atoms with E-state index in [-0.39, 0.29) is 30.6 Å². The highest BCUT2D eigenvalue weighted by molar-refractivity contribution is 6.12. The van der Waals surface area contributed by atoms with E-state index in [1.807, 2.05) is 0 Å². The predicted octanol–water partition coefficient (Wildman–Crippen LogP) is 1.16. The fraction of sp³-hybridized carbons (Fsp3) is 0.853.